The molecule has 0 fully saturated rings. The molecule has 0 aliphatic heterocycles. The zero-order chi connectivity index (χ0) is 22.0. The summed E-state index contributed by atoms with van der Waals surface area (Å²) >= 11 is 21.8. The Labute approximate surface area is 195 Å². The topological polar surface area (TPSA) is 88.9 Å². The van der Waals surface area contributed by atoms with Gasteiger partial charge in [-0.1, -0.05) is 34.8 Å². The van der Waals surface area contributed by atoms with Crippen molar-refractivity contribution in [2.75, 3.05) is 5.32 Å². The summed E-state index contributed by atoms with van der Waals surface area (Å²) in [5.41, 5.74) is 0.388. The van der Waals surface area contributed by atoms with Gasteiger partial charge in [0.25, 0.3) is 11.8 Å². The Kier molecular flexibility index (Phi) is 7.02. The molecule has 1 aromatic carbocycles. The smallest absolute Gasteiger partial charge is 0.274 e. The first kappa shape index (κ1) is 22.6. The van der Waals surface area contributed by atoms with E-state index >= 15 is 0 Å². The van der Waals surface area contributed by atoms with Gasteiger partial charge in [-0.25, -0.2) is 9.67 Å². The van der Waals surface area contributed by atoms with Crippen LogP contribution in [-0.4, -0.2) is 32.6 Å². The van der Waals surface area contributed by atoms with E-state index in [-0.39, 0.29) is 38.8 Å². The molecule has 0 atom stereocenters. The third kappa shape index (κ3) is 4.95. The Morgan fingerprint density at radius 1 is 1.10 bits per heavy atom. The number of amides is 2. The number of rotatable bonds is 5. The van der Waals surface area contributed by atoms with Gasteiger partial charge in [0, 0.05) is 23.3 Å². The van der Waals surface area contributed by atoms with E-state index in [0.717, 1.165) is 0 Å². The molecule has 7 nitrogen and oxygen atoms in total. The first-order chi connectivity index (χ1) is 14.2. The van der Waals surface area contributed by atoms with Gasteiger partial charge in [-0.2, -0.15) is 5.10 Å². The van der Waals surface area contributed by atoms with Crippen LogP contribution in [0.4, 0.5) is 5.69 Å². The fraction of sp³-hybridized carbons (Fsp3) is 0.158. The number of carbonyl (C=O) groups is 2. The summed E-state index contributed by atoms with van der Waals surface area (Å²) in [5, 5.41) is 10.4. The highest BCUT2D eigenvalue weighted by Gasteiger charge is 2.23. The van der Waals surface area contributed by atoms with Crippen molar-refractivity contribution in [2.24, 2.45) is 0 Å². The SMILES string of the molecule is CC(C)NC(=O)c1cc(Cl)cc(Cl)c1NC(=O)c1cc(Br)nn1-c1ncccc1Cl. The molecule has 0 aliphatic carbocycles. The summed E-state index contributed by atoms with van der Waals surface area (Å²) in [6.07, 6.45) is 1.53. The minimum Gasteiger partial charge on any atom is -0.350 e. The second-order valence-corrected chi connectivity index (χ2v) is 8.53. The lowest BCUT2D eigenvalue weighted by Gasteiger charge is -2.15. The summed E-state index contributed by atoms with van der Waals surface area (Å²) in [7, 11) is 0. The quantitative estimate of drug-likeness (QED) is 0.463. The summed E-state index contributed by atoms with van der Waals surface area (Å²) in [5.74, 6) is -0.722. The Morgan fingerprint density at radius 2 is 1.83 bits per heavy atom. The van der Waals surface area contributed by atoms with Gasteiger partial charge in [-0.05, 0) is 54.0 Å². The number of halogens is 4. The molecule has 156 valence electrons. The lowest BCUT2D eigenvalue weighted by Crippen LogP contribution is -2.31. The number of hydrogen-bond donors (Lipinski definition) is 2. The molecule has 2 amide bonds. The number of anilines is 1. The van der Waals surface area contributed by atoms with Crippen LogP contribution in [0.1, 0.15) is 34.7 Å². The molecule has 3 aromatic rings. The molecule has 2 heterocycles. The fourth-order valence-corrected chi connectivity index (χ4v) is 3.72. The highest BCUT2D eigenvalue weighted by molar-refractivity contribution is 9.10. The monoisotopic (exact) mass is 529 g/mol. The number of benzene rings is 1. The van der Waals surface area contributed by atoms with E-state index < -0.39 is 11.8 Å². The van der Waals surface area contributed by atoms with Crippen molar-refractivity contribution in [1.82, 2.24) is 20.1 Å². The minimum atomic E-state index is -0.572. The van der Waals surface area contributed by atoms with Crippen LogP contribution in [-0.2, 0) is 0 Å². The number of aromatic nitrogens is 3. The fourth-order valence-electron chi connectivity index (χ4n) is 2.61. The molecule has 11 heteroatoms. The Hall–Kier alpha value is -2.13. The van der Waals surface area contributed by atoms with Crippen LogP contribution in [0.3, 0.4) is 0 Å². The lowest BCUT2D eigenvalue weighted by molar-refractivity contribution is 0.0944. The highest BCUT2D eigenvalue weighted by atomic mass is 79.9. The Morgan fingerprint density at radius 3 is 2.50 bits per heavy atom. The van der Waals surface area contributed by atoms with Gasteiger partial charge in [0.1, 0.15) is 10.3 Å². The summed E-state index contributed by atoms with van der Waals surface area (Å²) in [6, 6.07) is 7.54. The largest absolute Gasteiger partial charge is 0.350 e. The number of hydrogen-bond acceptors (Lipinski definition) is 4. The normalized spacial score (nSPS) is 10.9. The molecular formula is C19H15BrCl3N5O2. The first-order valence-corrected chi connectivity index (χ1v) is 10.6. The van der Waals surface area contributed by atoms with Crippen molar-refractivity contribution in [2.45, 2.75) is 19.9 Å². The Bertz CT molecular complexity index is 1130. The lowest BCUT2D eigenvalue weighted by atomic mass is 10.1. The number of carbonyl (C=O) groups excluding carboxylic acids is 2. The van der Waals surface area contributed by atoms with Crippen molar-refractivity contribution in [3.8, 4) is 5.82 Å². The molecule has 0 spiro atoms. The standard InChI is InChI=1S/C19H15BrCl3N5O2/c1-9(2)25-18(29)11-6-10(21)7-13(23)16(11)26-19(30)14-8-15(20)27-28(14)17-12(22)4-3-5-24-17/h3-9H,1-2H3,(H,25,29)(H,26,30). The van der Waals surface area contributed by atoms with Crippen LogP contribution in [0.15, 0.2) is 41.1 Å². The minimum absolute atomic E-state index is 0.116. The molecule has 0 saturated heterocycles. The zero-order valence-electron chi connectivity index (χ0n) is 15.7. The molecule has 0 unspecified atom stereocenters. The summed E-state index contributed by atoms with van der Waals surface area (Å²) in [6.45, 7) is 3.63. The molecule has 2 aromatic heterocycles. The van der Waals surface area contributed by atoms with Gasteiger partial charge >= 0.3 is 0 Å². The van der Waals surface area contributed by atoms with Crippen LogP contribution in [0.5, 0.6) is 0 Å². The number of nitrogens with one attached hydrogen (secondary N) is 2. The van der Waals surface area contributed by atoms with Crippen molar-refractivity contribution < 1.29 is 9.59 Å². The van der Waals surface area contributed by atoms with E-state index in [0.29, 0.717) is 9.63 Å². The van der Waals surface area contributed by atoms with Gasteiger partial charge in [-0.3, -0.25) is 9.59 Å². The zero-order valence-corrected chi connectivity index (χ0v) is 19.6. The van der Waals surface area contributed by atoms with Crippen LogP contribution in [0.25, 0.3) is 5.82 Å². The number of pyridine rings is 1. The van der Waals surface area contributed by atoms with E-state index in [1.165, 1.54) is 29.1 Å². The van der Waals surface area contributed by atoms with E-state index in [4.69, 9.17) is 34.8 Å². The van der Waals surface area contributed by atoms with E-state index in [1.54, 1.807) is 12.1 Å². The summed E-state index contributed by atoms with van der Waals surface area (Å²) in [4.78, 5) is 29.9. The van der Waals surface area contributed by atoms with E-state index in [1.807, 2.05) is 13.8 Å². The maximum Gasteiger partial charge on any atom is 0.274 e. The Balaban J connectivity index is 2.02. The highest BCUT2D eigenvalue weighted by Crippen LogP contribution is 2.31. The third-order valence-corrected chi connectivity index (χ3v) is 5.01. The first-order valence-electron chi connectivity index (χ1n) is 8.65. The molecule has 0 radical (unpaired) electrons. The third-order valence-electron chi connectivity index (χ3n) is 3.81. The average Bonchev–Trinajstić information content (AvgIpc) is 3.05. The molecule has 0 aliphatic rings. The van der Waals surface area contributed by atoms with Crippen molar-refractivity contribution >= 4 is 68.2 Å². The predicted octanol–water partition coefficient (Wildman–Crippen LogP) is 5.38. The molecular weight excluding hydrogens is 517 g/mol. The number of nitrogens with zero attached hydrogens (tertiary/aromatic N) is 3. The van der Waals surface area contributed by atoms with Gasteiger partial charge < -0.3 is 10.6 Å². The van der Waals surface area contributed by atoms with Crippen LogP contribution in [0.2, 0.25) is 15.1 Å². The van der Waals surface area contributed by atoms with Gasteiger partial charge in [0.05, 0.1) is 21.3 Å². The molecule has 3 rings (SSSR count). The van der Waals surface area contributed by atoms with Crippen molar-refractivity contribution in [3.63, 3.8) is 0 Å². The van der Waals surface area contributed by atoms with Crippen LogP contribution < -0.4 is 10.6 Å². The van der Waals surface area contributed by atoms with Crippen molar-refractivity contribution in [1.29, 1.82) is 0 Å². The van der Waals surface area contributed by atoms with Crippen molar-refractivity contribution in [3.05, 3.63) is 67.5 Å². The maximum atomic E-state index is 13.1. The molecule has 0 saturated carbocycles. The predicted molar refractivity (Wildman–Crippen MR) is 121 cm³/mol. The second kappa shape index (κ2) is 9.34. The average molecular weight is 532 g/mol. The van der Waals surface area contributed by atoms with E-state index in [2.05, 4.69) is 36.6 Å². The molecule has 2 N–H and O–H groups in total. The molecule has 0 bridgehead atoms. The van der Waals surface area contributed by atoms with Crippen LogP contribution >= 0.6 is 50.7 Å². The van der Waals surface area contributed by atoms with Gasteiger partial charge in [-0.15, -0.1) is 0 Å². The maximum absolute atomic E-state index is 13.1. The van der Waals surface area contributed by atoms with Crippen LogP contribution in [0, 0.1) is 0 Å². The van der Waals surface area contributed by atoms with Gasteiger partial charge in [0.15, 0.2) is 5.82 Å². The van der Waals surface area contributed by atoms with E-state index in [9.17, 15) is 9.59 Å². The summed E-state index contributed by atoms with van der Waals surface area (Å²) < 4.78 is 1.69. The molecule has 30 heavy (non-hydrogen) atoms. The van der Waals surface area contributed by atoms with Gasteiger partial charge in [0.2, 0.25) is 0 Å². The second-order valence-electron chi connectivity index (χ2n) is 6.47.